The molecule has 3 rings (SSSR count). The maximum Gasteiger partial charge on any atom is 0.362 e. The van der Waals surface area contributed by atoms with Crippen LogP contribution in [0.1, 0.15) is 34.6 Å². The molecule has 5 nitrogen and oxygen atoms in total. The van der Waals surface area contributed by atoms with E-state index in [-0.39, 0.29) is 23.3 Å². The van der Waals surface area contributed by atoms with Crippen LogP contribution in [0.2, 0.25) is 0 Å². The minimum atomic E-state index is -0.0732. The minimum Gasteiger partial charge on any atom is -0.458 e. The molecule has 3 fully saturated rings. The normalized spacial score (nSPS) is 32.6. The fraction of sp³-hybridized carbons (Fsp3) is 0.882. The molecule has 0 aromatic rings. The first-order valence-corrected chi connectivity index (χ1v) is 8.45. The van der Waals surface area contributed by atoms with Crippen molar-refractivity contribution < 1.29 is 23.3 Å². The molecule has 0 spiro atoms. The van der Waals surface area contributed by atoms with Crippen LogP contribution in [0.15, 0.2) is 0 Å². The summed E-state index contributed by atoms with van der Waals surface area (Å²) in [5, 5.41) is 0. The summed E-state index contributed by atoms with van der Waals surface area (Å²) in [6.07, 6.45) is -0.0691. The molecule has 0 aromatic carbocycles. The van der Waals surface area contributed by atoms with Crippen LogP contribution in [0.5, 0.6) is 0 Å². The minimum absolute atomic E-state index is 0.0208. The Morgan fingerprint density at radius 3 is 1.73 bits per heavy atom. The number of hydrogen-bond acceptors (Lipinski definition) is 3. The number of piperazine rings is 3. The first-order valence-electron chi connectivity index (χ1n) is 8.45. The van der Waals surface area contributed by atoms with E-state index in [2.05, 4.69) is 20.8 Å². The summed E-state index contributed by atoms with van der Waals surface area (Å²) >= 11 is 0. The zero-order valence-corrected chi connectivity index (χ0v) is 14.9. The van der Waals surface area contributed by atoms with Gasteiger partial charge in [-0.15, -0.1) is 0 Å². The van der Waals surface area contributed by atoms with Crippen molar-refractivity contribution in [2.45, 2.75) is 40.7 Å². The lowest BCUT2D eigenvalue weighted by molar-refractivity contribution is -1.07. The number of carbonyl (C=O) groups excluding carboxylic acids is 2. The number of hydrogen-bond donors (Lipinski definition) is 0. The molecule has 0 saturated carbocycles. The van der Waals surface area contributed by atoms with Gasteiger partial charge in [0.2, 0.25) is 0 Å². The zero-order valence-electron chi connectivity index (χ0n) is 14.9. The number of quaternary nitrogens is 2. The van der Waals surface area contributed by atoms with Crippen LogP contribution in [0, 0.1) is 5.41 Å². The monoisotopic (exact) mass is 312 g/mol. The number of esters is 1. The second-order valence-corrected chi connectivity index (χ2v) is 8.54. The van der Waals surface area contributed by atoms with Gasteiger partial charge in [0.25, 0.3) is 0 Å². The quantitative estimate of drug-likeness (QED) is 0.566. The fourth-order valence-electron chi connectivity index (χ4n) is 3.58. The third-order valence-electron chi connectivity index (χ3n) is 5.70. The Hall–Kier alpha value is -0.940. The van der Waals surface area contributed by atoms with Crippen molar-refractivity contribution in [1.29, 1.82) is 0 Å². The molecule has 0 N–H and O–H groups in total. The standard InChI is InChI=1S/C17H32N2O3/c1-14(20)12-18-6-9-19(10-7-18,11-8-18)13-16(21)22-15(2)17(3,4)5/h15H,6-13H2,1-5H3/q+2/t15-,18?,19?/m1/s1. The molecule has 3 saturated heterocycles. The summed E-state index contributed by atoms with van der Waals surface area (Å²) < 4.78 is 7.43. The van der Waals surface area contributed by atoms with Gasteiger partial charge in [-0.2, -0.15) is 0 Å². The predicted molar refractivity (Wildman–Crippen MR) is 85.1 cm³/mol. The predicted octanol–water partition coefficient (Wildman–Crippen LogP) is 1.21. The first-order chi connectivity index (χ1) is 10.1. The van der Waals surface area contributed by atoms with Gasteiger partial charge in [-0.05, 0) is 12.3 Å². The van der Waals surface area contributed by atoms with E-state index < -0.39 is 0 Å². The van der Waals surface area contributed by atoms with Crippen LogP contribution in [0.25, 0.3) is 0 Å². The summed E-state index contributed by atoms with van der Waals surface area (Å²) in [6.45, 7) is 17.1. The Kier molecular flexibility index (Phi) is 4.69. The largest absolute Gasteiger partial charge is 0.458 e. The molecule has 0 amide bonds. The van der Waals surface area contributed by atoms with Crippen LogP contribution < -0.4 is 0 Å². The number of rotatable bonds is 5. The molecule has 3 aliphatic heterocycles. The lowest BCUT2D eigenvalue weighted by Crippen LogP contribution is -2.76. The van der Waals surface area contributed by atoms with E-state index in [1.165, 1.54) is 0 Å². The Morgan fingerprint density at radius 2 is 1.36 bits per heavy atom. The Balaban J connectivity index is 1.90. The summed E-state index contributed by atoms with van der Waals surface area (Å²) in [5.41, 5.74) is -0.0208. The summed E-state index contributed by atoms with van der Waals surface area (Å²) in [7, 11) is 0. The van der Waals surface area contributed by atoms with E-state index in [1.807, 2.05) is 6.92 Å². The van der Waals surface area contributed by atoms with Gasteiger partial charge in [-0.3, -0.25) is 4.79 Å². The van der Waals surface area contributed by atoms with Crippen molar-refractivity contribution >= 4 is 11.8 Å². The smallest absolute Gasteiger partial charge is 0.362 e. The van der Waals surface area contributed by atoms with Gasteiger partial charge in [-0.1, -0.05) is 20.8 Å². The van der Waals surface area contributed by atoms with Crippen LogP contribution in [0.4, 0.5) is 0 Å². The second-order valence-electron chi connectivity index (χ2n) is 8.54. The van der Waals surface area contributed by atoms with Crippen LogP contribution in [-0.2, 0) is 14.3 Å². The average molecular weight is 312 g/mol. The van der Waals surface area contributed by atoms with Crippen molar-refractivity contribution in [3.63, 3.8) is 0 Å². The number of nitrogens with zero attached hydrogens (tertiary/aromatic N) is 2. The lowest BCUT2D eigenvalue weighted by atomic mass is 9.90. The number of Topliss-reactive ketones (excluding diaryl/α,β-unsaturated/α-hetero) is 1. The van der Waals surface area contributed by atoms with Crippen molar-refractivity contribution in [2.75, 3.05) is 52.4 Å². The Bertz CT molecular complexity index is 429. The highest BCUT2D eigenvalue weighted by Gasteiger charge is 2.50. The lowest BCUT2D eigenvalue weighted by Gasteiger charge is -2.54. The molecule has 3 heterocycles. The highest BCUT2D eigenvalue weighted by atomic mass is 16.5. The number of ether oxygens (including phenoxy) is 1. The number of fused-ring (bicyclic) bond motifs is 3. The third kappa shape index (κ3) is 3.87. The SMILES string of the molecule is CC(=O)C[N+]12CC[N+](CC(=O)O[C@H](C)C(C)(C)C)(CC1)CC2. The average Bonchev–Trinajstić information content (AvgIpc) is 2.38. The summed E-state index contributed by atoms with van der Waals surface area (Å²) in [4.78, 5) is 23.8. The van der Waals surface area contributed by atoms with Crippen molar-refractivity contribution in [2.24, 2.45) is 5.41 Å². The van der Waals surface area contributed by atoms with Gasteiger partial charge in [0.05, 0.1) is 0 Å². The number of ketones is 1. The van der Waals surface area contributed by atoms with Gasteiger partial charge in [0, 0.05) is 6.92 Å². The first kappa shape index (κ1) is 17.4. The summed E-state index contributed by atoms with van der Waals surface area (Å²) in [6, 6.07) is 0. The topological polar surface area (TPSA) is 43.4 Å². The molecular weight excluding hydrogens is 280 g/mol. The van der Waals surface area contributed by atoms with E-state index in [0.717, 1.165) is 48.2 Å². The van der Waals surface area contributed by atoms with Crippen molar-refractivity contribution in [3.8, 4) is 0 Å². The van der Waals surface area contributed by atoms with E-state index in [1.54, 1.807) is 6.92 Å². The van der Waals surface area contributed by atoms with Crippen LogP contribution in [0.3, 0.4) is 0 Å². The van der Waals surface area contributed by atoms with Crippen LogP contribution in [-0.4, -0.2) is 79.2 Å². The van der Waals surface area contributed by atoms with E-state index in [9.17, 15) is 9.59 Å². The molecule has 3 aliphatic rings. The van der Waals surface area contributed by atoms with Crippen LogP contribution >= 0.6 is 0 Å². The molecule has 5 heteroatoms. The van der Waals surface area contributed by atoms with Gasteiger partial charge >= 0.3 is 5.97 Å². The molecule has 1 atom stereocenters. The maximum absolute atomic E-state index is 12.3. The molecule has 2 bridgehead atoms. The van der Waals surface area contributed by atoms with Crippen molar-refractivity contribution in [3.05, 3.63) is 0 Å². The molecular formula is C17H32N2O3+2. The third-order valence-corrected chi connectivity index (χ3v) is 5.70. The molecule has 0 aromatic heterocycles. The van der Waals surface area contributed by atoms with E-state index >= 15 is 0 Å². The molecule has 0 aliphatic carbocycles. The van der Waals surface area contributed by atoms with Gasteiger partial charge < -0.3 is 13.7 Å². The van der Waals surface area contributed by atoms with Gasteiger partial charge in [0.15, 0.2) is 12.3 Å². The summed E-state index contributed by atoms with van der Waals surface area (Å²) in [5.74, 6) is 0.205. The van der Waals surface area contributed by atoms with Gasteiger partial charge in [0.1, 0.15) is 51.9 Å². The van der Waals surface area contributed by atoms with Crippen molar-refractivity contribution in [1.82, 2.24) is 0 Å². The fourth-order valence-corrected chi connectivity index (χ4v) is 3.58. The van der Waals surface area contributed by atoms with E-state index in [4.69, 9.17) is 4.74 Å². The zero-order chi connectivity index (χ0) is 16.6. The highest BCUT2D eigenvalue weighted by Crippen LogP contribution is 2.27. The second kappa shape index (κ2) is 5.93. The number of carbonyl (C=O) groups is 2. The van der Waals surface area contributed by atoms with Gasteiger partial charge in [-0.25, -0.2) is 4.79 Å². The molecule has 0 unspecified atom stereocenters. The maximum atomic E-state index is 12.3. The molecule has 126 valence electrons. The van der Waals surface area contributed by atoms with E-state index in [0.29, 0.717) is 13.1 Å². The Morgan fingerprint density at radius 1 is 0.955 bits per heavy atom. The molecule has 22 heavy (non-hydrogen) atoms. The highest BCUT2D eigenvalue weighted by molar-refractivity contribution is 5.76. The molecule has 0 radical (unpaired) electrons. The Labute approximate surface area is 134 Å².